The quantitative estimate of drug-likeness (QED) is 0.725. The molecule has 2 nitrogen and oxygen atoms in total. The first-order valence-corrected chi connectivity index (χ1v) is 8.74. The van der Waals surface area contributed by atoms with E-state index in [2.05, 4.69) is 20.8 Å². The molecule has 106 valence electrons. The third-order valence-corrected chi connectivity index (χ3v) is 5.99. The van der Waals surface area contributed by atoms with Gasteiger partial charge in [-0.15, -0.1) is 0 Å². The summed E-state index contributed by atoms with van der Waals surface area (Å²) in [4.78, 5) is 0. The number of benzene rings is 1. The molecule has 0 bridgehead atoms. The zero-order valence-corrected chi connectivity index (χ0v) is 13.1. The fraction of sp³-hybridized carbons (Fsp3) is 0.625. The minimum atomic E-state index is -2.02. The molecule has 2 rings (SSSR count). The maximum Gasteiger partial charge on any atom is 0.239 e. The predicted octanol–water partition coefficient (Wildman–Crippen LogP) is 5.00. The predicted molar refractivity (Wildman–Crippen MR) is 81.2 cm³/mol. The number of hydrogen-bond donors (Lipinski definition) is 0. The van der Waals surface area contributed by atoms with Crippen molar-refractivity contribution in [1.29, 1.82) is 0 Å². The lowest BCUT2D eigenvalue weighted by Gasteiger charge is -2.36. The Kier molecular flexibility index (Phi) is 5.10. The maximum absolute atomic E-state index is 12.6. The van der Waals surface area contributed by atoms with Crippen molar-refractivity contribution in [3.05, 3.63) is 30.3 Å². The lowest BCUT2D eigenvalue weighted by atomic mass is 9.77. The van der Waals surface area contributed by atoms with E-state index >= 15 is 0 Å². The normalized spacial score (nSPS) is 29.2. The molecule has 1 aromatic carbocycles. The van der Waals surface area contributed by atoms with E-state index in [1.807, 2.05) is 30.3 Å². The second-order valence-corrected chi connectivity index (χ2v) is 7.75. The van der Waals surface area contributed by atoms with Gasteiger partial charge in [-0.1, -0.05) is 45.4 Å². The molecule has 4 unspecified atom stereocenters. The number of rotatable bonds is 4. The van der Waals surface area contributed by atoms with Crippen LogP contribution in [-0.4, -0.2) is 5.66 Å². The zero-order valence-electron chi connectivity index (χ0n) is 12.1. The summed E-state index contributed by atoms with van der Waals surface area (Å²) < 4.78 is 18.3. The Morgan fingerprint density at radius 3 is 2.53 bits per heavy atom. The summed E-state index contributed by atoms with van der Waals surface area (Å²) in [6, 6.07) is 9.57. The van der Waals surface area contributed by atoms with Crippen LogP contribution in [-0.2, 0) is 4.57 Å². The van der Waals surface area contributed by atoms with E-state index in [9.17, 15) is 4.57 Å². The second-order valence-electron chi connectivity index (χ2n) is 6.17. The van der Waals surface area contributed by atoms with Gasteiger partial charge in [-0.3, -0.25) is 4.57 Å². The van der Waals surface area contributed by atoms with Gasteiger partial charge in [-0.25, -0.2) is 0 Å². The highest BCUT2D eigenvalue weighted by molar-refractivity contribution is 7.40. The number of hydrogen-bond acceptors (Lipinski definition) is 2. The molecule has 0 amide bonds. The highest BCUT2D eigenvalue weighted by Crippen LogP contribution is 2.47. The van der Waals surface area contributed by atoms with Crippen molar-refractivity contribution in [3.8, 4) is 5.75 Å². The molecule has 1 aliphatic carbocycles. The van der Waals surface area contributed by atoms with E-state index in [-0.39, 0.29) is 5.66 Å². The molecule has 0 N–H and O–H groups in total. The van der Waals surface area contributed by atoms with E-state index in [0.29, 0.717) is 17.8 Å². The molecular formula is C16H25O2P. The SMILES string of the molecule is CC1CCC(C(C)C)C([PH](=O)Oc2ccccc2)C1. The fourth-order valence-electron chi connectivity index (χ4n) is 3.15. The third kappa shape index (κ3) is 3.86. The third-order valence-electron chi connectivity index (χ3n) is 4.29. The first kappa shape index (κ1) is 14.7. The molecule has 19 heavy (non-hydrogen) atoms. The van der Waals surface area contributed by atoms with Crippen LogP contribution in [0.25, 0.3) is 0 Å². The first-order valence-electron chi connectivity index (χ1n) is 7.34. The van der Waals surface area contributed by atoms with Crippen molar-refractivity contribution < 1.29 is 9.09 Å². The Balaban J connectivity index is 2.06. The van der Waals surface area contributed by atoms with Gasteiger partial charge in [-0.2, -0.15) is 0 Å². The monoisotopic (exact) mass is 280 g/mol. The van der Waals surface area contributed by atoms with Gasteiger partial charge in [0.15, 0.2) is 0 Å². The van der Waals surface area contributed by atoms with Gasteiger partial charge in [0.05, 0.1) is 0 Å². The van der Waals surface area contributed by atoms with E-state index in [4.69, 9.17) is 4.52 Å². The molecule has 1 aromatic rings. The van der Waals surface area contributed by atoms with Crippen LogP contribution in [0.5, 0.6) is 5.75 Å². The van der Waals surface area contributed by atoms with Gasteiger partial charge in [0.2, 0.25) is 8.03 Å². The zero-order chi connectivity index (χ0) is 13.8. The van der Waals surface area contributed by atoms with E-state index in [1.165, 1.54) is 12.8 Å². The van der Waals surface area contributed by atoms with Crippen LogP contribution >= 0.6 is 8.03 Å². The Morgan fingerprint density at radius 2 is 1.89 bits per heavy atom. The largest absolute Gasteiger partial charge is 0.445 e. The van der Waals surface area contributed by atoms with E-state index < -0.39 is 8.03 Å². The summed E-state index contributed by atoms with van der Waals surface area (Å²) in [6.45, 7) is 6.75. The minimum Gasteiger partial charge on any atom is -0.445 e. The average molecular weight is 280 g/mol. The van der Waals surface area contributed by atoms with Gasteiger partial charge >= 0.3 is 0 Å². The van der Waals surface area contributed by atoms with E-state index in [0.717, 1.165) is 12.2 Å². The van der Waals surface area contributed by atoms with Crippen LogP contribution in [0.3, 0.4) is 0 Å². The average Bonchev–Trinajstić information content (AvgIpc) is 2.39. The van der Waals surface area contributed by atoms with Crippen molar-refractivity contribution in [1.82, 2.24) is 0 Å². The molecule has 0 aliphatic heterocycles. The summed E-state index contributed by atoms with van der Waals surface area (Å²) >= 11 is 0. The summed E-state index contributed by atoms with van der Waals surface area (Å²) in [7, 11) is -2.02. The minimum absolute atomic E-state index is 0.244. The van der Waals surface area contributed by atoms with Crippen LogP contribution in [0.15, 0.2) is 30.3 Å². The highest BCUT2D eigenvalue weighted by Gasteiger charge is 2.35. The lowest BCUT2D eigenvalue weighted by molar-refractivity contribution is 0.232. The molecule has 3 heteroatoms. The lowest BCUT2D eigenvalue weighted by Crippen LogP contribution is -2.30. The molecule has 0 radical (unpaired) electrons. The Bertz CT molecular complexity index is 416. The van der Waals surface area contributed by atoms with Crippen LogP contribution in [0.1, 0.15) is 40.0 Å². The summed E-state index contributed by atoms with van der Waals surface area (Å²) in [6.07, 6.45) is 3.51. The van der Waals surface area contributed by atoms with Crippen LogP contribution in [0, 0.1) is 17.8 Å². The molecule has 1 saturated carbocycles. The highest BCUT2D eigenvalue weighted by atomic mass is 31.1. The second kappa shape index (κ2) is 6.61. The molecule has 0 aromatic heterocycles. The van der Waals surface area contributed by atoms with Gasteiger partial charge in [-0.05, 0) is 42.7 Å². The standard InChI is InChI=1S/C16H25O2P/c1-12(2)15-10-9-13(3)11-16(15)19(17)18-14-7-5-4-6-8-14/h4-8,12-13,15-16,19H,9-11H2,1-3H3. The maximum atomic E-state index is 12.6. The van der Waals surface area contributed by atoms with Gasteiger partial charge in [0.25, 0.3) is 0 Å². The molecule has 0 spiro atoms. The summed E-state index contributed by atoms with van der Waals surface area (Å²) in [5, 5.41) is 0. The molecule has 0 saturated heterocycles. The Hall–Kier alpha value is -0.750. The van der Waals surface area contributed by atoms with Gasteiger partial charge < -0.3 is 4.52 Å². The molecule has 1 fully saturated rings. The molecule has 0 heterocycles. The topological polar surface area (TPSA) is 26.3 Å². The van der Waals surface area contributed by atoms with Crippen molar-refractivity contribution in [2.75, 3.05) is 0 Å². The summed E-state index contributed by atoms with van der Waals surface area (Å²) in [5.74, 6) is 2.55. The molecule has 1 aliphatic rings. The van der Waals surface area contributed by atoms with Crippen molar-refractivity contribution >= 4 is 8.03 Å². The smallest absolute Gasteiger partial charge is 0.239 e. The van der Waals surface area contributed by atoms with Gasteiger partial charge in [0, 0.05) is 5.66 Å². The van der Waals surface area contributed by atoms with E-state index in [1.54, 1.807) is 0 Å². The van der Waals surface area contributed by atoms with Crippen molar-refractivity contribution in [2.45, 2.75) is 45.7 Å². The Morgan fingerprint density at radius 1 is 1.21 bits per heavy atom. The van der Waals surface area contributed by atoms with Crippen LogP contribution in [0.4, 0.5) is 0 Å². The van der Waals surface area contributed by atoms with Crippen molar-refractivity contribution in [2.24, 2.45) is 17.8 Å². The van der Waals surface area contributed by atoms with Crippen LogP contribution in [0.2, 0.25) is 0 Å². The number of para-hydroxylation sites is 1. The summed E-state index contributed by atoms with van der Waals surface area (Å²) in [5.41, 5.74) is 0.244. The van der Waals surface area contributed by atoms with Gasteiger partial charge in [0.1, 0.15) is 5.75 Å². The Labute approximate surface area is 117 Å². The fourth-order valence-corrected chi connectivity index (χ4v) is 5.17. The first-order chi connectivity index (χ1) is 9.08. The molecular weight excluding hydrogens is 255 g/mol. The van der Waals surface area contributed by atoms with Crippen LogP contribution < -0.4 is 4.52 Å². The molecule has 4 atom stereocenters. The van der Waals surface area contributed by atoms with Crippen molar-refractivity contribution in [3.63, 3.8) is 0 Å².